The molecule has 15 heavy (non-hydrogen) atoms. The van der Waals surface area contributed by atoms with Crippen LogP contribution in [0.3, 0.4) is 0 Å². The van der Waals surface area contributed by atoms with Gasteiger partial charge in [0.05, 0.1) is 0 Å². The first-order chi connectivity index (χ1) is 7.26. The highest BCUT2D eigenvalue weighted by Gasteiger charge is 2.20. The molecule has 90 valence electrons. The van der Waals surface area contributed by atoms with Gasteiger partial charge in [-0.3, -0.25) is 0 Å². The first kappa shape index (κ1) is 13.0. The number of hydrogen-bond donors (Lipinski definition) is 1. The van der Waals surface area contributed by atoms with Crippen LogP contribution in [0.5, 0.6) is 0 Å². The van der Waals surface area contributed by atoms with Crippen LogP contribution in [0.25, 0.3) is 0 Å². The number of rotatable bonds is 7. The molecule has 0 aromatic rings. The van der Waals surface area contributed by atoms with Crippen molar-refractivity contribution in [2.75, 3.05) is 32.7 Å². The second-order valence-electron chi connectivity index (χ2n) is 5.10. The van der Waals surface area contributed by atoms with Gasteiger partial charge in [-0.1, -0.05) is 27.2 Å². The van der Waals surface area contributed by atoms with E-state index in [0.717, 1.165) is 11.8 Å². The Kier molecular flexibility index (Phi) is 6.26. The summed E-state index contributed by atoms with van der Waals surface area (Å²) in [6, 6.07) is 0. The number of likely N-dealkylation sites (tertiary alicyclic amines) is 1. The smallest absolute Gasteiger partial charge is 0.00222 e. The van der Waals surface area contributed by atoms with Crippen LogP contribution >= 0.6 is 0 Å². The van der Waals surface area contributed by atoms with Crippen molar-refractivity contribution in [2.45, 2.75) is 40.0 Å². The molecule has 1 saturated heterocycles. The molecule has 0 radical (unpaired) electrons. The molecule has 0 amide bonds. The van der Waals surface area contributed by atoms with Gasteiger partial charge >= 0.3 is 0 Å². The Morgan fingerprint density at radius 1 is 1.40 bits per heavy atom. The van der Waals surface area contributed by atoms with Gasteiger partial charge < -0.3 is 10.2 Å². The van der Waals surface area contributed by atoms with E-state index in [1.807, 2.05) is 0 Å². The van der Waals surface area contributed by atoms with Crippen LogP contribution in [0.2, 0.25) is 0 Å². The summed E-state index contributed by atoms with van der Waals surface area (Å²) in [7, 11) is 0. The summed E-state index contributed by atoms with van der Waals surface area (Å²) in [5.74, 6) is 1.75. The molecule has 0 aromatic heterocycles. The van der Waals surface area contributed by atoms with Crippen LogP contribution in [-0.4, -0.2) is 37.6 Å². The van der Waals surface area contributed by atoms with Gasteiger partial charge in [0.2, 0.25) is 0 Å². The maximum absolute atomic E-state index is 3.63. The third-order valence-electron chi connectivity index (χ3n) is 3.52. The quantitative estimate of drug-likeness (QED) is 0.697. The topological polar surface area (TPSA) is 15.3 Å². The molecule has 0 saturated carbocycles. The number of nitrogens with zero attached hydrogens (tertiary/aromatic N) is 1. The number of nitrogens with one attached hydrogen (secondary N) is 1. The summed E-state index contributed by atoms with van der Waals surface area (Å²) in [5, 5.41) is 3.63. The molecule has 0 spiro atoms. The molecular formula is C13H28N2. The van der Waals surface area contributed by atoms with E-state index in [1.165, 1.54) is 52.0 Å². The van der Waals surface area contributed by atoms with Crippen LogP contribution < -0.4 is 5.32 Å². The molecule has 2 heteroatoms. The third kappa shape index (κ3) is 4.98. The normalized spacial score (nSPS) is 24.6. The van der Waals surface area contributed by atoms with Crippen molar-refractivity contribution in [1.82, 2.24) is 10.2 Å². The van der Waals surface area contributed by atoms with Gasteiger partial charge in [-0.2, -0.15) is 0 Å². The molecule has 2 atom stereocenters. The molecule has 1 fully saturated rings. The Morgan fingerprint density at radius 2 is 2.20 bits per heavy atom. The van der Waals surface area contributed by atoms with E-state index in [0.29, 0.717) is 0 Å². The monoisotopic (exact) mass is 212 g/mol. The van der Waals surface area contributed by atoms with Crippen molar-refractivity contribution in [3.8, 4) is 0 Å². The van der Waals surface area contributed by atoms with Crippen molar-refractivity contribution in [3.63, 3.8) is 0 Å². The summed E-state index contributed by atoms with van der Waals surface area (Å²) in [6.45, 7) is 13.2. The van der Waals surface area contributed by atoms with Gasteiger partial charge in [0, 0.05) is 6.54 Å². The SMILES string of the molecule is CCCC(C)CNCC1CCN(CC)C1. The fourth-order valence-corrected chi connectivity index (χ4v) is 2.50. The molecule has 2 nitrogen and oxygen atoms in total. The van der Waals surface area contributed by atoms with Gasteiger partial charge in [-0.15, -0.1) is 0 Å². The van der Waals surface area contributed by atoms with Gasteiger partial charge in [0.1, 0.15) is 0 Å². The molecule has 0 aromatic carbocycles. The Balaban J connectivity index is 2.01. The predicted molar refractivity (Wildman–Crippen MR) is 67.2 cm³/mol. The van der Waals surface area contributed by atoms with Crippen molar-refractivity contribution < 1.29 is 0 Å². The molecule has 0 aliphatic carbocycles. The summed E-state index contributed by atoms with van der Waals surface area (Å²) in [6.07, 6.45) is 4.07. The molecule has 2 unspecified atom stereocenters. The van der Waals surface area contributed by atoms with Crippen molar-refractivity contribution in [2.24, 2.45) is 11.8 Å². The highest BCUT2D eigenvalue weighted by atomic mass is 15.1. The molecule has 1 aliphatic heterocycles. The lowest BCUT2D eigenvalue weighted by Gasteiger charge is -2.15. The zero-order valence-corrected chi connectivity index (χ0v) is 10.8. The van der Waals surface area contributed by atoms with Crippen molar-refractivity contribution >= 4 is 0 Å². The lowest BCUT2D eigenvalue weighted by Crippen LogP contribution is -2.29. The maximum atomic E-state index is 3.63. The fourth-order valence-electron chi connectivity index (χ4n) is 2.50. The molecule has 0 bridgehead atoms. The first-order valence-corrected chi connectivity index (χ1v) is 6.69. The average molecular weight is 212 g/mol. The minimum atomic E-state index is 0.846. The van der Waals surface area contributed by atoms with E-state index in [4.69, 9.17) is 0 Å². The van der Waals surface area contributed by atoms with E-state index in [2.05, 4.69) is 31.0 Å². The first-order valence-electron chi connectivity index (χ1n) is 6.69. The van der Waals surface area contributed by atoms with Crippen molar-refractivity contribution in [3.05, 3.63) is 0 Å². The second kappa shape index (κ2) is 7.24. The van der Waals surface area contributed by atoms with Crippen LogP contribution in [0, 0.1) is 11.8 Å². The maximum Gasteiger partial charge on any atom is 0.00222 e. The highest BCUT2D eigenvalue weighted by molar-refractivity contribution is 4.76. The lowest BCUT2D eigenvalue weighted by atomic mass is 10.1. The largest absolute Gasteiger partial charge is 0.316 e. The van der Waals surface area contributed by atoms with Gasteiger partial charge in [-0.05, 0) is 50.9 Å². The van der Waals surface area contributed by atoms with E-state index < -0.39 is 0 Å². The molecule has 1 rings (SSSR count). The predicted octanol–water partition coefficient (Wildman–Crippen LogP) is 2.35. The van der Waals surface area contributed by atoms with Crippen LogP contribution in [0.1, 0.15) is 40.0 Å². The van der Waals surface area contributed by atoms with E-state index in [1.54, 1.807) is 0 Å². The Hall–Kier alpha value is -0.0800. The fraction of sp³-hybridized carbons (Fsp3) is 1.00. The summed E-state index contributed by atoms with van der Waals surface area (Å²) >= 11 is 0. The zero-order valence-electron chi connectivity index (χ0n) is 10.8. The number of hydrogen-bond acceptors (Lipinski definition) is 2. The molecule has 1 heterocycles. The van der Waals surface area contributed by atoms with Crippen LogP contribution in [0.15, 0.2) is 0 Å². The Bertz CT molecular complexity index is 159. The lowest BCUT2D eigenvalue weighted by molar-refractivity contribution is 0.336. The molecular weight excluding hydrogens is 184 g/mol. The van der Waals surface area contributed by atoms with Crippen LogP contribution in [-0.2, 0) is 0 Å². The minimum Gasteiger partial charge on any atom is -0.316 e. The second-order valence-corrected chi connectivity index (χ2v) is 5.10. The summed E-state index contributed by atoms with van der Waals surface area (Å²) in [5.41, 5.74) is 0. The standard InChI is InChI=1S/C13H28N2/c1-4-6-12(3)9-14-10-13-7-8-15(5-2)11-13/h12-14H,4-11H2,1-3H3. The minimum absolute atomic E-state index is 0.846. The third-order valence-corrected chi connectivity index (χ3v) is 3.52. The van der Waals surface area contributed by atoms with Gasteiger partial charge in [0.15, 0.2) is 0 Å². The molecule has 1 aliphatic rings. The highest BCUT2D eigenvalue weighted by Crippen LogP contribution is 2.14. The van der Waals surface area contributed by atoms with E-state index in [9.17, 15) is 0 Å². The molecule has 1 N–H and O–H groups in total. The zero-order chi connectivity index (χ0) is 11.1. The van der Waals surface area contributed by atoms with Crippen LogP contribution in [0.4, 0.5) is 0 Å². The van der Waals surface area contributed by atoms with Gasteiger partial charge in [-0.25, -0.2) is 0 Å². The van der Waals surface area contributed by atoms with E-state index in [-0.39, 0.29) is 0 Å². The van der Waals surface area contributed by atoms with Gasteiger partial charge in [0.25, 0.3) is 0 Å². The Labute approximate surface area is 95.4 Å². The van der Waals surface area contributed by atoms with E-state index >= 15 is 0 Å². The summed E-state index contributed by atoms with van der Waals surface area (Å²) < 4.78 is 0. The summed E-state index contributed by atoms with van der Waals surface area (Å²) in [4.78, 5) is 2.56. The Morgan fingerprint density at radius 3 is 2.80 bits per heavy atom. The van der Waals surface area contributed by atoms with Crippen molar-refractivity contribution in [1.29, 1.82) is 0 Å². The average Bonchev–Trinajstić information content (AvgIpc) is 2.66.